The molecule has 1 aliphatic rings. The van der Waals surface area contributed by atoms with Gasteiger partial charge in [-0.15, -0.1) is 0 Å². The summed E-state index contributed by atoms with van der Waals surface area (Å²) >= 11 is 12.8. The lowest BCUT2D eigenvalue weighted by atomic mass is 9.94. The molecule has 0 bridgehead atoms. The molecule has 0 fully saturated rings. The molecule has 1 atom stereocenters. The Labute approximate surface area is 175 Å². The number of rotatable bonds is 7. The highest BCUT2D eigenvalue weighted by molar-refractivity contribution is 6.37. The zero-order valence-electron chi connectivity index (χ0n) is 16.7. The lowest BCUT2D eigenvalue weighted by Gasteiger charge is -2.30. The van der Waals surface area contributed by atoms with Gasteiger partial charge < -0.3 is 20.1 Å². The molecular weight excluding hydrogens is 403 g/mol. The minimum atomic E-state index is -0.732. The quantitative estimate of drug-likeness (QED) is 0.599. The van der Waals surface area contributed by atoms with Crippen molar-refractivity contribution in [1.82, 2.24) is 10.6 Å². The van der Waals surface area contributed by atoms with Crippen LogP contribution in [0, 0.1) is 5.92 Å². The normalized spacial score (nSPS) is 16.9. The molecule has 2 amide bonds. The fourth-order valence-electron chi connectivity index (χ4n) is 2.80. The number of carbonyl (C=O) groups is 2. The number of nitrogens with one attached hydrogen (secondary N) is 2. The number of hydrogen-bond acceptors (Lipinski definition) is 4. The first kappa shape index (κ1) is 22.4. The maximum atomic E-state index is 12.7. The Morgan fingerprint density at radius 1 is 1.18 bits per heavy atom. The summed E-state index contributed by atoms with van der Waals surface area (Å²) in [5.74, 6) is 0.187. The van der Waals surface area contributed by atoms with Crippen LogP contribution in [0.3, 0.4) is 0 Å². The molecule has 154 valence electrons. The smallest absolute Gasteiger partial charge is 0.338 e. The van der Waals surface area contributed by atoms with Gasteiger partial charge in [0.25, 0.3) is 0 Å². The zero-order valence-corrected chi connectivity index (χ0v) is 18.2. The van der Waals surface area contributed by atoms with E-state index >= 15 is 0 Å². The fourth-order valence-corrected chi connectivity index (χ4v) is 3.41. The van der Waals surface area contributed by atoms with Crippen LogP contribution in [0.4, 0.5) is 4.79 Å². The first-order valence-electron chi connectivity index (χ1n) is 9.27. The average Bonchev–Trinajstić information content (AvgIpc) is 2.58. The molecule has 2 rings (SSSR count). The van der Waals surface area contributed by atoms with Crippen LogP contribution in [0.1, 0.15) is 52.6 Å². The van der Waals surface area contributed by atoms with Crippen molar-refractivity contribution in [2.24, 2.45) is 5.92 Å². The third kappa shape index (κ3) is 5.32. The fraction of sp³-hybridized carbons (Fsp3) is 0.500. The van der Waals surface area contributed by atoms with E-state index in [1.165, 1.54) is 0 Å². The second kappa shape index (κ2) is 9.52. The highest BCUT2D eigenvalue weighted by atomic mass is 35.5. The maximum absolute atomic E-state index is 12.7. The van der Waals surface area contributed by atoms with Crippen molar-refractivity contribution in [2.45, 2.75) is 53.2 Å². The summed E-state index contributed by atoms with van der Waals surface area (Å²) in [5.41, 5.74) is 1.41. The molecule has 8 heteroatoms. The van der Waals surface area contributed by atoms with Gasteiger partial charge >= 0.3 is 12.0 Å². The van der Waals surface area contributed by atoms with Gasteiger partial charge in [0.1, 0.15) is 0 Å². The summed E-state index contributed by atoms with van der Waals surface area (Å²) in [4.78, 5) is 24.8. The van der Waals surface area contributed by atoms with Gasteiger partial charge in [-0.2, -0.15) is 0 Å². The number of amides is 2. The van der Waals surface area contributed by atoms with Gasteiger partial charge in [-0.05, 0) is 43.9 Å². The number of ether oxygens (including phenoxy) is 2. The van der Waals surface area contributed by atoms with E-state index in [9.17, 15) is 9.59 Å². The van der Waals surface area contributed by atoms with E-state index in [4.69, 9.17) is 32.7 Å². The highest BCUT2D eigenvalue weighted by Crippen LogP contribution is 2.39. The summed E-state index contributed by atoms with van der Waals surface area (Å²) in [5, 5.41) is 6.06. The molecular formula is C20H26Cl2N2O4. The van der Waals surface area contributed by atoms with E-state index < -0.39 is 18.0 Å². The zero-order chi connectivity index (χ0) is 21.0. The summed E-state index contributed by atoms with van der Waals surface area (Å²) in [6.07, 6.45) is 0.166. The average molecular weight is 429 g/mol. The van der Waals surface area contributed by atoms with Gasteiger partial charge in [-0.3, -0.25) is 0 Å². The van der Waals surface area contributed by atoms with Crippen molar-refractivity contribution in [3.8, 4) is 5.75 Å². The van der Waals surface area contributed by atoms with Crippen molar-refractivity contribution in [3.63, 3.8) is 0 Å². The lowest BCUT2D eigenvalue weighted by Crippen LogP contribution is -2.46. The van der Waals surface area contributed by atoms with Crippen LogP contribution in [0.25, 0.3) is 0 Å². The van der Waals surface area contributed by atoms with Crippen LogP contribution >= 0.6 is 23.2 Å². The van der Waals surface area contributed by atoms with E-state index in [0.29, 0.717) is 51.6 Å². The number of allylic oxidation sites excluding steroid dienone is 1. The molecule has 1 unspecified atom stereocenters. The van der Waals surface area contributed by atoms with Gasteiger partial charge in [0.05, 0.1) is 34.4 Å². The summed E-state index contributed by atoms with van der Waals surface area (Å²) in [6.45, 7) is 9.89. The molecule has 1 heterocycles. The Hall–Kier alpha value is -1.92. The standard InChI is InChI=1S/C20H26Cl2N2O4/c1-6-15-16(19(25)28-11(4)5)17(24-20(26)23-15)12-7-13(21)18(14(22)8-12)27-9-10(2)3/h7-8,10-11,17H,6,9H2,1-5H3,(H2,23,24,26). The first-order valence-corrected chi connectivity index (χ1v) is 10.0. The molecule has 0 aromatic heterocycles. The van der Waals surface area contributed by atoms with E-state index in [2.05, 4.69) is 10.6 Å². The van der Waals surface area contributed by atoms with E-state index in [-0.39, 0.29) is 6.10 Å². The molecule has 6 nitrogen and oxygen atoms in total. The predicted octanol–water partition coefficient (Wildman–Crippen LogP) is 5.00. The molecule has 2 N–H and O–H groups in total. The van der Waals surface area contributed by atoms with E-state index in [1.807, 2.05) is 20.8 Å². The summed E-state index contributed by atoms with van der Waals surface area (Å²) in [6, 6.07) is 2.16. The molecule has 0 radical (unpaired) electrons. The molecule has 1 aromatic rings. The van der Waals surface area contributed by atoms with Crippen LogP contribution in [0.2, 0.25) is 10.0 Å². The summed E-state index contributed by atoms with van der Waals surface area (Å²) < 4.78 is 11.1. The van der Waals surface area contributed by atoms with Gasteiger partial charge in [0, 0.05) is 5.70 Å². The lowest BCUT2D eigenvalue weighted by molar-refractivity contribution is -0.143. The van der Waals surface area contributed by atoms with Crippen LogP contribution in [0.15, 0.2) is 23.4 Å². The Bertz CT molecular complexity index is 767. The van der Waals surface area contributed by atoms with Gasteiger partial charge in [-0.25, -0.2) is 9.59 Å². The van der Waals surface area contributed by atoms with Gasteiger partial charge in [0.15, 0.2) is 5.75 Å². The highest BCUT2D eigenvalue weighted by Gasteiger charge is 2.34. The molecule has 28 heavy (non-hydrogen) atoms. The van der Waals surface area contributed by atoms with Crippen molar-refractivity contribution >= 4 is 35.2 Å². The maximum Gasteiger partial charge on any atom is 0.338 e. The second-order valence-electron chi connectivity index (χ2n) is 7.25. The van der Waals surface area contributed by atoms with Gasteiger partial charge in [0.2, 0.25) is 0 Å². The molecule has 0 saturated carbocycles. The summed E-state index contributed by atoms with van der Waals surface area (Å²) in [7, 11) is 0. The number of carbonyl (C=O) groups excluding carboxylic acids is 2. The van der Waals surface area contributed by atoms with Crippen LogP contribution in [-0.2, 0) is 9.53 Å². The third-order valence-corrected chi connectivity index (χ3v) is 4.55. The minimum absolute atomic E-state index is 0.296. The number of halogens is 2. The largest absolute Gasteiger partial charge is 0.490 e. The molecule has 1 aliphatic heterocycles. The Morgan fingerprint density at radius 2 is 1.79 bits per heavy atom. The van der Waals surface area contributed by atoms with E-state index in [1.54, 1.807) is 26.0 Å². The Balaban J connectivity index is 2.47. The second-order valence-corrected chi connectivity index (χ2v) is 8.06. The van der Waals surface area contributed by atoms with Crippen molar-refractivity contribution in [2.75, 3.05) is 6.61 Å². The molecule has 0 saturated heterocycles. The van der Waals surface area contributed by atoms with Crippen LogP contribution in [0.5, 0.6) is 5.75 Å². The van der Waals surface area contributed by atoms with Crippen molar-refractivity contribution in [1.29, 1.82) is 0 Å². The number of urea groups is 1. The van der Waals surface area contributed by atoms with Crippen molar-refractivity contribution < 1.29 is 19.1 Å². The predicted molar refractivity (Wildman–Crippen MR) is 110 cm³/mol. The Kier molecular flexibility index (Phi) is 7.61. The monoisotopic (exact) mass is 428 g/mol. The molecule has 0 spiro atoms. The van der Waals surface area contributed by atoms with Crippen LogP contribution in [-0.4, -0.2) is 24.7 Å². The Morgan fingerprint density at radius 3 is 2.29 bits per heavy atom. The van der Waals surface area contributed by atoms with E-state index in [0.717, 1.165) is 0 Å². The van der Waals surface area contributed by atoms with Crippen LogP contribution < -0.4 is 15.4 Å². The number of benzene rings is 1. The molecule has 1 aromatic carbocycles. The minimum Gasteiger partial charge on any atom is -0.490 e. The first-order chi connectivity index (χ1) is 13.1. The number of hydrogen-bond donors (Lipinski definition) is 2. The number of esters is 1. The molecule has 0 aliphatic carbocycles. The van der Waals surface area contributed by atoms with Crippen molar-refractivity contribution in [3.05, 3.63) is 39.0 Å². The topological polar surface area (TPSA) is 76.7 Å². The van der Waals surface area contributed by atoms with Gasteiger partial charge in [-0.1, -0.05) is 44.0 Å². The third-order valence-electron chi connectivity index (χ3n) is 3.98. The SMILES string of the molecule is CCC1=C(C(=O)OC(C)C)C(c2cc(Cl)c(OCC(C)C)c(Cl)c2)NC(=O)N1.